The average Bonchev–Trinajstić information content (AvgIpc) is 2.97. The number of amides is 1. The predicted octanol–water partition coefficient (Wildman–Crippen LogP) is 2.52. The molecule has 22 heavy (non-hydrogen) atoms. The van der Waals surface area contributed by atoms with Gasteiger partial charge in [0.2, 0.25) is 5.91 Å². The van der Waals surface area contributed by atoms with Crippen LogP contribution in [0.4, 0.5) is 0 Å². The van der Waals surface area contributed by atoms with Crippen LogP contribution < -0.4 is 10.1 Å². The molecule has 1 aliphatic heterocycles. The number of halogens is 1. The van der Waals surface area contributed by atoms with Crippen molar-refractivity contribution in [3.8, 4) is 5.75 Å². The monoisotopic (exact) mass is 320 g/mol. The molecule has 1 aromatic carbocycles. The van der Waals surface area contributed by atoms with Gasteiger partial charge in [0.05, 0.1) is 12.6 Å². The summed E-state index contributed by atoms with van der Waals surface area (Å²) in [5.41, 5.74) is 0.959. The van der Waals surface area contributed by atoms with Crippen LogP contribution in [-0.2, 0) is 4.79 Å². The predicted molar refractivity (Wildman–Crippen MR) is 81.8 cm³/mol. The average molecular weight is 321 g/mol. The number of nitrogens with zero attached hydrogens (tertiary/aromatic N) is 3. The largest absolute Gasteiger partial charge is 0.493 e. The zero-order chi connectivity index (χ0) is 15.5. The van der Waals surface area contributed by atoms with E-state index in [1.807, 2.05) is 12.1 Å². The molecule has 1 N–H and O–H groups in total. The number of carbonyl (C=O) groups excluding carboxylic acids is 1. The van der Waals surface area contributed by atoms with Crippen molar-refractivity contribution >= 4 is 17.5 Å². The maximum atomic E-state index is 12.4. The van der Waals surface area contributed by atoms with Crippen LogP contribution in [0.15, 0.2) is 30.9 Å². The second kappa shape index (κ2) is 6.36. The van der Waals surface area contributed by atoms with Crippen LogP contribution in [0, 0.1) is 0 Å². The molecule has 3 rings (SSSR count). The highest BCUT2D eigenvalue weighted by Crippen LogP contribution is 2.33. The zero-order valence-corrected chi connectivity index (χ0v) is 13.0. The lowest BCUT2D eigenvalue weighted by Gasteiger charge is -2.21. The van der Waals surface area contributed by atoms with E-state index in [4.69, 9.17) is 16.3 Å². The van der Waals surface area contributed by atoms with Gasteiger partial charge in [-0.15, -0.1) is 0 Å². The minimum Gasteiger partial charge on any atom is -0.493 e. The number of rotatable bonds is 3. The number of carbonyl (C=O) groups is 1. The molecule has 0 bridgehead atoms. The van der Waals surface area contributed by atoms with E-state index in [0.29, 0.717) is 11.6 Å². The van der Waals surface area contributed by atoms with Crippen LogP contribution in [0.3, 0.4) is 0 Å². The molecule has 1 aliphatic rings. The van der Waals surface area contributed by atoms with Gasteiger partial charge in [0.1, 0.15) is 24.4 Å². The zero-order valence-electron chi connectivity index (χ0n) is 12.2. The topological polar surface area (TPSA) is 69.0 Å². The van der Waals surface area contributed by atoms with Crippen molar-refractivity contribution in [3.05, 3.63) is 41.4 Å². The van der Waals surface area contributed by atoms with E-state index < -0.39 is 6.04 Å². The Balaban J connectivity index is 1.79. The number of ether oxygens (including phenoxy) is 1. The summed E-state index contributed by atoms with van der Waals surface area (Å²) in [4.78, 5) is 16.3. The van der Waals surface area contributed by atoms with E-state index in [1.165, 1.54) is 17.3 Å². The third-order valence-electron chi connectivity index (χ3n) is 3.78. The Morgan fingerprint density at radius 1 is 1.55 bits per heavy atom. The fraction of sp³-hybridized carbons (Fsp3) is 0.400. The molecule has 0 aliphatic carbocycles. The Labute approximate surface area is 133 Å². The van der Waals surface area contributed by atoms with Gasteiger partial charge in [-0.2, -0.15) is 5.10 Å². The number of nitrogens with one attached hydrogen (secondary N) is 1. The van der Waals surface area contributed by atoms with E-state index in [1.54, 1.807) is 13.0 Å². The van der Waals surface area contributed by atoms with Crippen LogP contribution in [-0.4, -0.2) is 27.3 Å². The highest BCUT2D eigenvalue weighted by atomic mass is 35.5. The van der Waals surface area contributed by atoms with E-state index in [2.05, 4.69) is 15.4 Å². The maximum absolute atomic E-state index is 12.4. The van der Waals surface area contributed by atoms with Crippen LogP contribution >= 0.6 is 11.6 Å². The standard InChI is InChI=1S/C15H17ClN4O2/c1-10(20-9-17-8-18-20)15(21)19-13-3-2-6-22-14-7-11(16)4-5-12(13)14/h4-5,7-10,13H,2-3,6H2,1H3,(H,19,21)/t10-,13-/m1/s1. The minimum absolute atomic E-state index is 0.0896. The van der Waals surface area contributed by atoms with E-state index in [0.717, 1.165) is 24.2 Å². The van der Waals surface area contributed by atoms with Crippen LogP contribution in [0.5, 0.6) is 5.75 Å². The molecule has 0 radical (unpaired) electrons. The Morgan fingerprint density at radius 2 is 2.41 bits per heavy atom. The summed E-state index contributed by atoms with van der Waals surface area (Å²) in [6, 6.07) is 5.02. The smallest absolute Gasteiger partial charge is 0.245 e. The molecule has 0 saturated carbocycles. The molecule has 0 unspecified atom stereocenters. The van der Waals surface area contributed by atoms with Gasteiger partial charge in [-0.3, -0.25) is 4.79 Å². The first-order valence-electron chi connectivity index (χ1n) is 7.22. The van der Waals surface area contributed by atoms with Crippen molar-refractivity contribution < 1.29 is 9.53 Å². The van der Waals surface area contributed by atoms with E-state index in [-0.39, 0.29) is 11.9 Å². The Hall–Kier alpha value is -2.08. The van der Waals surface area contributed by atoms with Crippen molar-refractivity contribution in [2.45, 2.75) is 31.8 Å². The van der Waals surface area contributed by atoms with Crippen LogP contribution in [0.25, 0.3) is 0 Å². The van der Waals surface area contributed by atoms with Gasteiger partial charge in [0.15, 0.2) is 0 Å². The number of aromatic nitrogens is 3. The third-order valence-corrected chi connectivity index (χ3v) is 4.01. The second-order valence-corrected chi connectivity index (χ2v) is 5.72. The fourth-order valence-electron chi connectivity index (χ4n) is 2.53. The van der Waals surface area contributed by atoms with Gasteiger partial charge >= 0.3 is 0 Å². The second-order valence-electron chi connectivity index (χ2n) is 5.29. The third kappa shape index (κ3) is 3.06. The lowest BCUT2D eigenvalue weighted by atomic mass is 10.0. The maximum Gasteiger partial charge on any atom is 0.245 e. The van der Waals surface area contributed by atoms with Gasteiger partial charge in [0, 0.05) is 10.6 Å². The van der Waals surface area contributed by atoms with Gasteiger partial charge in [-0.25, -0.2) is 9.67 Å². The summed E-state index contributed by atoms with van der Waals surface area (Å²) < 4.78 is 7.24. The first-order valence-corrected chi connectivity index (χ1v) is 7.59. The van der Waals surface area contributed by atoms with Crippen molar-refractivity contribution in [2.24, 2.45) is 0 Å². The van der Waals surface area contributed by atoms with E-state index in [9.17, 15) is 4.79 Å². The van der Waals surface area contributed by atoms with Gasteiger partial charge in [-0.1, -0.05) is 17.7 Å². The quantitative estimate of drug-likeness (QED) is 0.943. The molecule has 0 spiro atoms. The Bertz CT molecular complexity index is 660. The summed E-state index contributed by atoms with van der Waals surface area (Å²) >= 11 is 6.02. The molecule has 1 amide bonds. The van der Waals surface area contributed by atoms with Crippen molar-refractivity contribution in [1.82, 2.24) is 20.1 Å². The molecule has 2 atom stereocenters. The van der Waals surface area contributed by atoms with Gasteiger partial charge < -0.3 is 10.1 Å². The summed E-state index contributed by atoms with van der Waals surface area (Å²) in [7, 11) is 0. The fourth-order valence-corrected chi connectivity index (χ4v) is 2.69. The number of hydrogen-bond acceptors (Lipinski definition) is 4. The minimum atomic E-state index is -0.414. The normalized spacial score (nSPS) is 18.7. The lowest BCUT2D eigenvalue weighted by molar-refractivity contribution is -0.125. The van der Waals surface area contributed by atoms with E-state index >= 15 is 0 Å². The van der Waals surface area contributed by atoms with Gasteiger partial charge in [-0.05, 0) is 31.9 Å². The molecular weight excluding hydrogens is 304 g/mol. The van der Waals surface area contributed by atoms with Crippen molar-refractivity contribution in [2.75, 3.05) is 6.61 Å². The summed E-state index contributed by atoms with van der Waals surface area (Å²) in [6.07, 6.45) is 4.65. The Morgan fingerprint density at radius 3 is 3.18 bits per heavy atom. The number of hydrogen-bond donors (Lipinski definition) is 1. The first kappa shape index (κ1) is 14.8. The Kier molecular flexibility index (Phi) is 4.29. The van der Waals surface area contributed by atoms with Crippen molar-refractivity contribution in [3.63, 3.8) is 0 Å². The molecule has 6 nitrogen and oxygen atoms in total. The molecule has 116 valence electrons. The number of benzene rings is 1. The molecular formula is C15H17ClN4O2. The number of fused-ring (bicyclic) bond motifs is 1. The van der Waals surface area contributed by atoms with Crippen molar-refractivity contribution in [1.29, 1.82) is 0 Å². The van der Waals surface area contributed by atoms with Crippen LogP contribution in [0.2, 0.25) is 5.02 Å². The molecule has 7 heteroatoms. The summed E-state index contributed by atoms with van der Waals surface area (Å²) in [6.45, 7) is 2.42. The molecule has 1 aromatic heterocycles. The first-order chi connectivity index (χ1) is 10.6. The molecule has 2 aromatic rings. The molecule has 0 saturated heterocycles. The molecule has 2 heterocycles. The summed E-state index contributed by atoms with van der Waals surface area (Å²) in [5.74, 6) is 0.641. The highest BCUT2D eigenvalue weighted by Gasteiger charge is 2.24. The SMILES string of the molecule is C[C@H](C(=O)N[C@@H]1CCCOc2cc(Cl)ccc21)n1cncn1. The molecule has 0 fully saturated rings. The lowest BCUT2D eigenvalue weighted by Crippen LogP contribution is -2.34. The summed E-state index contributed by atoms with van der Waals surface area (Å²) in [5, 5.41) is 7.71. The highest BCUT2D eigenvalue weighted by molar-refractivity contribution is 6.30. The van der Waals surface area contributed by atoms with Crippen LogP contribution in [0.1, 0.15) is 37.4 Å². The van der Waals surface area contributed by atoms with Gasteiger partial charge in [0.25, 0.3) is 0 Å².